The lowest BCUT2D eigenvalue weighted by molar-refractivity contribution is -0.116. The smallest absolute Gasteiger partial charge is 0.319 e. The Morgan fingerprint density at radius 2 is 2.17 bits per heavy atom. The van der Waals surface area contributed by atoms with E-state index in [1.807, 2.05) is 18.2 Å². The maximum atomic E-state index is 12.0. The van der Waals surface area contributed by atoms with E-state index in [1.54, 1.807) is 0 Å². The summed E-state index contributed by atoms with van der Waals surface area (Å²) in [5.74, 6) is 0.0534. The predicted molar refractivity (Wildman–Crippen MR) is 97.4 cm³/mol. The lowest BCUT2D eigenvalue weighted by atomic mass is 10.1. The Hall–Kier alpha value is -2.08. The highest BCUT2D eigenvalue weighted by molar-refractivity contribution is 5.94. The van der Waals surface area contributed by atoms with Crippen LogP contribution in [0.4, 0.5) is 16.2 Å². The maximum Gasteiger partial charge on any atom is 0.319 e. The first-order valence-corrected chi connectivity index (χ1v) is 8.67. The zero-order valence-corrected chi connectivity index (χ0v) is 14.8. The van der Waals surface area contributed by atoms with Gasteiger partial charge in [-0.15, -0.1) is 0 Å². The molecule has 1 atom stereocenters. The summed E-state index contributed by atoms with van der Waals surface area (Å²) in [7, 11) is 2.06. The fourth-order valence-corrected chi connectivity index (χ4v) is 2.71. The third-order valence-electron chi connectivity index (χ3n) is 4.58. The first kappa shape index (κ1) is 18.3. The van der Waals surface area contributed by atoms with Gasteiger partial charge in [0.15, 0.2) is 0 Å². The number of anilines is 2. The van der Waals surface area contributed by atoms with E-state index >= 15 is 0 Å². The number of rotatable bonds is 6. The molecule has 6 heteroatoms. The second-order valence-corrected chi connectivity index (χ2v) is 6.39. The summed E-state index contributed by atoms with van der Waals surface area (Å²) in [5.41, 5.74) is 2.66. The van der Waals surface area contributed by atoms with Crippen molar-refractivity contribution in [2.45, 2.75) is 45.6 Å². The van der Waals surface area contributed by atoms with E-state index in [0.29, 0.717) is 19.0 Å². The molecule has 0 saturated carbocycles. The van der Waals surface area contributed by atoms with Crippen LogP contribution < -0.4 is 16.0 Å². The van der Waals surface area contributed by atoms with Crippen LogP contribution in [-0.4, -0.2) is 43.0 Å². The molecule has 0 bridgehead atoms. The third kappa shape index (κ3) is 5.23. The Kier molecular flexibility index (Phi) is 6.61. The molecular weight excluding hydrogens is 304 g/mol. The van der Waals surface area contributed by atoms with Crippen LogP contribution in [0.15, 0.2) is 18.2 Å². The van der Waals surface area contributed by atoms with Crippen molar-refractivity contribution in [1.29, 1.82) is 0 Å². The van der Waals surface area contributed by atoms with Crippen molar-refractivity contribution in [1.82, 2.24) is 10.2 Å². The van der Waals surface area contributed by atoms with Gasteiger partial charge in [0.2, 0.25) is 5.91 Å². The van der Waals surface area contributed by atoms with E-state index in [2.05, 4.69) is 41.7 Å². The number of likely N-dealkylation sites (N-methyl/N-ethyl adjacent to an activating group) is 1. The van der Waals surface area contributed by atoms with Gasteiger partial charge in [-0.05, 0) is 57.0 Å². The summed E-state index contributed by atoms with van der Waals surface area (Å²) in [4.78, 5) is 25.8. The first-order chi connectivity index (χ1) is 11.5. The van der Waals surface area contributed by atoms with Gasteiger partial charge in [0.1, 0.15) is 0 Å². The van der Waals surface area contributed by atoms with Crippen molar-refractivity contribution >= 4 is 23.3 Å². The Bertz CT molecular complexity index is 588. The Morgan fingerprint density at radius 3 is 2.92 bits per heavy atom. The zero-order chi connectivity index (χ0) is 17.5. The second kappa shape index (κ2) is 8.68. The lowest BCUT2D eigenvalue weighted by Gasteiger charge is -2.23. The van der Waals surface area contributed by atoms with Crippen LogP contribution in [0, 0.1) is 0 Å². The number of carbonyl (C=O) groups excluding carboxylic acids is 2. The minimum Gasteiger partial charge on any atom is -0.337 e. The molecule has 0 radical (unpaired) electrons. The topological polar surface area (TPSA) is 73.5 Å². The van der Waals surface area contributed by atoms with Gasteiger partial charge in [0.05, 0.1) is 0 Å². The summed E-state index contributed by atoms with van der Waals surface area (Å²) in [6, 6.07) is 5.91. The van der Waals surface area contributed by atoms with Crippen molar-refractivity contribution in [3.8, 4) is 0 Å². The van der Waals surface area contributed by atoms with E-state index in [0.717, 1.165) is 42.7 Å². The minimum absolute atomic E-state index is 0.0534. The van der Waals surface area contributed by atoms with Gasteiger partial charge in [0.25, 0.3) is 0 Å². The number of fused-ring (bicyclic) bond motifs is 1. The summed E-state index contributed by atoms with van der Waals surface area (Å²) >= 11 is 0. The quantitative estimate of drug-likeness (QED) is 0.750. The van der Waals surface area contributed by atoms with E-state index in [9.17, 15) is 9.59 Å². The Labute approximate surface area is 144 Å². The average molecular weight is 332 g/mol. The molecule has 0 aliphatic carbocycles. The number of carbonyl (C=O) groups is 2. The van der Waals surface area contributed by atoms with Crippen LogP contribution >= 0.6 is 0 Å². The molecule has 2 rings (SSSR count). The molecule has 1 heterocycles. The normalized spacial score (nSPS) is 15.2. The van der Waals surface area contributed by atoms with Crippen molar-refractivity contribution in [2.75, 3.05) is 30.8 Å². The van der Waals surface area contributed by atoms with Gasteiger partial charge in [-0.1, -0.05) is 6.92 Å². The van der Waals surface area contributed by atoms with E-state index < -0.39 is 0 Å². The molecule has 0 unspecified atom stereocenters. The fourth-order valence-electron chi connectivity index (χ4n) is 2.71. The van der Waals surface area contributed by atoms with Crippen molar-refractivity contribution in [3.63, 3.8) is 0 Å². The molecule has 6 nitrogen and oxygen atoms in total. The molecule has 24 heavy (non-hydrogen) atoms. The fraction of sp³-hybridized carbons (Fsp3) is 0.556. The van der Waals surface area contributed by atoms with Gasteiger partial charge in [-0.25, -0.2) is 4.79 Å². The van der Waals surface area contributed by atoms with Crippen LogP contribution in [0.25, 0.3) is 0 Å². The van der Waals surface area contributed by atoms with E-state index in [-0.39, 0.29) is 11.9 Å². The largest absolute Gasteiger partial charge is 0.337 e. The minimum atomic E-state index is -0.204. The van der Waals surface area contributed by atoms with Crippen molar-refractivity contribution in [2.24, 2.45) is 0 Å². The molecule has 1 aliphatic heterocycles. The highest BCUT2D eigenvalue weighted by Crippen LogP contribution is 2.25. The predicted octanol–water partition coefficient (Wildman–Crippen LogP) is 2.81. The molecule has 0 spiro atoms. The summed E-state index contributed by atoms with van der Waals surface area (Å²) < 4.78 is 0. The number of nitrogens with zero attached hydrogens (tertiary/aromatic N) is 1. The Morgan fingerprint density at radius 1 is 1.38 bits per heavy atom. The second-order valence-electron chi connectivity index (χ2n) is 6.39. The molecule has 1 aromatic rings. The molecule has 0 saturated heterocycles. The molecule has 3 N–H and O–H groups in total. The number of urea groups is 1. The van der Waals surface area contributed by atoms with Crippen LogP contribution in [0.5, 0.6) is 0 Å². The van der Waals surface area contributed by atoms with Crippen LogP contribution in [0.2, 0.25) is 0 Å². The monoisotopic (exact) mass is 332 g/mol. The molecular formula is C18H28N4O2. The van der Waals surface area contributed by atoms with Gasteiger partial charge in [0, 0.05) is 36.9 Å². The average Bonchev–Trinajstić information content (AvgIpc) is 2.74. The summed E-state index contributed by atoms with van der Waals surface area (Å²) in [6.07, 6.45) is 3.30. The van der Waals surface area contributed by atoms with Crippen LogP contribution in [0.1, 0.15) is 38.7 Å². The molecule has 3 amide bonds. The number of benzene rings is 1. The molecule has 132 valence electrons. The van der Waals surface area contributed by atoms with Gasteiger partial charge in [-0.3, -0.25) is 4.79 Å². The van der Waals surface area contributed by atoms with E-state index in [1.165, 1.54) is 0 Å². The van der Waals surface area contributed by atoms with Crippen LogP contribution in [-0.2, 0) is 11.2 Å². The number of aryl methyl sites for hydroxylation is 1. The summed E-state index contributed by atoms with van der Waals surface area (Å²) in [5, 5.41) is 8.63. The van der Waals surface area contributed by atoms with Crippen molar-refractivity contribution < 1.29 is 9.59 Å². The summed E-state index contributed by atoms with van der Waals surface area (Å²) in [6.45, 7) is 5.75. The molecule has 0 aromatic heterocycles. The van der Waals surface area contributed by atoms with Crippen LogP contribution in [0.3, 0.4) is 0 Å². The number of hydrogen-bond donors (Lipinski definition) is 3. The van der Waals surface area contributed by atoms with Crippen molar-refractivity contribution in [3.05, 3.63) is 23.8 Å². The first-order valence-electron chi connectivity index (χ1n) is 8.67. The lowest BCUT2D eigenvalue weighted by Crippen LogP contribution is -2.38. The maximum absolute atomic E-state index is 12.0. The van der Waals surface area contributed by atoms with Gasteiger partial charge >= 0.3 is 6.03 Å². The third-order valence-corrected chi connectivity index (χ3v) is 4.58. The zero-order valence-electron chi connectivity index (χ0n) is 14.8. The number of nitrogens with one attached hydrogen (secondary N) is 3. The van der Waals surface area contributed by atoms with Gasteiger partial charge < -0.3 is 20.9 Å². The molecule has 1 aliphatic rings. The highest BCUT2D eigenvalue weighted by Gasteiger charge is 2.13. The van der Waals surface area contributed by atoms with Gasteiger partial charge in [-0.2, -0.15) is 0 Å². The standard InChI is InChI=1S/C18H28N4O2/c1-4-13(2)22(3)11-10-19-18(24)20-15-8-9-16-14(12-15)6-5-7-17(23)21-16/h8-9,12-13H,4-7,10-11H2,1-3H3,(H,21,23)(H2,19,20,24)/t13-/m0/s1. The number of amides is 3. The molecule has 0 fully saturated rings. The SMILES string of the molecule is CC[C@H](C)N(C)CCNC(=O)Nc1ccc2c(c1)CCCC(=O)N2. The van der Waals surface area contributed by atoms with E-state index in [4.69, 9.17) is 0 Å². The Balaban J connectivity index is 1.84. The molecule has 1 aromatic carbocycles. The number of hydrogen-bond acceptors (Lipinski definition) is 3. The highest BCUT2D eigenvalue weighted by atomic mass is 16.2.